The third kappa shape index (κ3) is 3.13. The highest BCUT2D eigenvalue weighted by atomic mass is 32.2. The number of rotatable bonds is 5. The number of nitrogens with one attached hydrogen (secondary N) is 1. The van der Waals surface area contributed by atoms with E-state index < -0.39 is 22.2 Å². The van der Waals surface area contributed by atoms with Crippen molar-refractivity contribution in [1.82, 2.24) is 9.71 Å². The van der Waals surface area contributed by atoms with Crippen molar-refractivity contribution in [2.24, 2.45) is 5.73 Å². The number of hydrogen-bond acceptors (Lipinski definition) is 5. The van der Waals surface area contributed by atoms with Crippen LogP contribution in [0.25, 0.3) is 10.8 Å². The summed E-state index contributed by atoms with van der Waals surface area (Å²) < 4.78 is 27.0. The van der Waals surface area contributed by atoms with E-state index >= 15 is 0 Å². The Bertz CT molecular complexity index is 696. The highest BCUT2D eigenvalue weighted by molar-refractivity contribution is 7.89. The third-order valence-electron chi connectivity index (χ3n) is 3.06. The Balaban J connectivity index is 2.33. The van der Waals surface area contributed by atoms with Gasteiger partial charge in [0, 0.05) is 35.8 Å². The molecule has 7 heteroatoms. The molecule has 0 bridgehead atoms. The van der Waals surface area contributed by atoms with Crippen LogP contribution in [0.1, 0.15) is 6.92 Å². The second kappa shape index (κ2) is 5.84. The van der Waals surface area contributed by atoms with Gasteiger partial charge in [-0.2, -0.15) is 0 Å². The maximum absolute atomic E-state index is 12.3. The summed E-state index contributed by atoms with van der Waals surface area (Å²) in [6, 6.07) is 5.98. The second-order valence-corrected chi connectivity index (χ2v) is 6.34. The van der Waals surface area contributed by atoms with Gasteiger partial charge in [0.05, 0.1) is 11.0 Å². The number of nitrogens with two attached hydrogens (primary N) is 1. The molecule has 1 aromatic heterocycles. The van der Waals surface area contributed by atoms with Crippen LogP contribution < -0.4 is 10.5 Å². The molecule has 0 aliphatic rings. The summed E-state index contributed by atoms with van der Waals surface area (Å²) in [7, 11) is -3.68. The lowest BCUT2D eigenvalue weighted by atomic mass is 10.2. The lowest BCUT2D eigenvalue weighted by molar-refractivity contribution is 0.164. The first-order valence-corrected chi connectivity index (χ1v) is 7.66. The van der Waals surface area contributed by atoms with Crippen molar-refractivity contribution in [1.29, 1.82) is 0 Å². The summed E-state index contributed by atoms with van der Waals surface area (Å²) in [4.78, 5) is 4.14. The Morgan fingerprint density at radius 1 is 1.40 bits per heavy atom. The van der Waals surface area contributed by atoms with Gasteiger partial charge < -0.3 is 10.8 Å². The molecule has 2 unspecified atom stereocenters. The molecule has 2 aromatic rings. The van der Waals surface area contributed by atoms with Gasteiger partial charge in [0.25, 0.3) is 0 Å². The molecule has 1 aromatic carbocycles. The first-order chi connectivity index (χ1) is 9.42. The number of sulfonamides is 1. The van der Waals surface area contributed by atoms with Gasteiger partial charge in [-0.15, -0.1) is 0 Å². The zero-order chi connectivity index (χ0) is 14.8. The van der Waals surface area contributed by atoms with E-state index in [4.69, 9.17) is 5.73 Å². The number of aliphatic hydroxyl groups excluding tert-OH is 1. The average Bonchev–Trinajstić information content (AvgIpc) is 2.44. The molecule has 108 valence electrons. The number of benzene rings is 1. The summed E-state index contributed by atoms with van der Waals surface area (Å²) in [6.45, 7) is 1.49. The van der Waals surface area contributed by atoms with Crippen molar-refractivity contribution in [3.63, 3.8) is 0 Å². The van der Waals surface area contributed by atoms with Crippen LogP contribution in [0.15, 0.2) is 41.6 Å². The fraction of sp³-hybridized carbons (Fsp3) is 0.308. The Morgan fingerprint density at radius 2 is 2.15 bits per heavy atom. The van der Waals surface area contributed by atoms with E-state index in [9.17, 15) is 13.5 Å². The van der Waals surface area contributed by atoms with E-state index in [1.54, 1.807) is 30.6 Å². The molecule has 4 N–H and O–H groups in total. The number of hydrogen-bond donors (Lipinski definition) is 3. The van der Waals surface area contributed by atoms with Gasteiger partial charge in [-0.25, -0.2) is 13.1 Å². The molecular weight excluding hydrogens is 278 g/mol. The molecule has 0 radical (unpaired) electrons. The van der Waals surface area contributed by atoms with Crippen molar-refractivity contribution < 1.29 is 13.5 Å². The Morgan fingerprint density at radius 3 is 2.85 bits per heavy atom. The molecule has 0 aliphatic carbocycles. The minimum atomic E-state index is -3.68. The van der Waals surface area contributed by atoms with Crippen LogP contribution in [0.3, 0.4) is 0 Å². The lowest BCUT2D eigenvalue weighted by Gasteiger charge is -2.16. The first-order valence-electron chi connectivity index (χ1n) is 6.18. The smallest absolute Gasteiger partial charge is 0.241 e. The number of fused-ring (bicyclic) bond motifs is 1. The van der Waals surface area contributed by atoms with Crippen molar-refractivity contribution in [2.45, 2.75) is 24.0 Å². The zero-order valence-electron chi connectivity index (χ0n) is 11.0. The van der Waals surface area contributed by atoms with Crippen LogP contribution in [0.2, 0.25) is 0 Å². The molecule has 0 amide bonds. The Kier molecular flexibility index (Phi) is 4.34. The molecule has 0 saturated heterocycles. The highest BCUT2D eigenvalue weighted by Gasteiger charge is 2.19. The summed E-state index contributed by atoms with van der Waals surface area (Å²) in [6.07, 6.45) is 2.37. The number of aromatic nitrogens is 1. The minimum Gasteiger partial charge on any atom is -0.392 e. The summed E-state index contributed by atoms with van der Waals surface area (Å²) in [5.41, 5.74) is 5.63. The maximum atomic E-state index is 12.3. The molecule has 1 heterocycles. The van der Waals surface area contributed by atoms with Crippen LogP contribution in [0.4, 0.5) is 0 Å². The van der Waals surface area contributed by atoms with Crippen LogP contribution in [0, 0.1) is 0 Å². The molecular formula is C13H17N3O3S. The maximum Gasteiger partial charge on any atom is 0.241 e. The van der Waals surface area contributed by atoms with Crippen LogP contribution in [0.5, 0.6) is 0 Å². The highest BCUT2D eigenvalue weighted by Crippen LogP contribution is 2.21. The van der Waals surface area contributed by atoms with Crippen LogP contribution in [-0.4, -0.2) is 37.2 Å². The van der Waals surface area contributed by atoms with Gasteiger partial charge in [0.15, 0.2) is 0 Å². The van der Waals surface area contributed by atoms with Gasteiger partial charge in [-0.1, -0.05) is 12.1 Å². The standard InChI is InChI=1S/C13H17N3O3S/c1-9(17)12(14)8-16-20(18,19)13-4-2-3-10-7-15-6-5-11(10)13/h2-7,9,12,16-17H,8,14H2,1H3. The summed E-state index contributed by atoms with van der Waals surface area (Å²) in [5, 5.41) is 10.6. The van der Waals surface area contributed by atoms with Gasteiger partial charge in [0.2, 0.25) is 10.0 Å². The van der Waals surface area contributed by atoms with E-state index in [0.717, 1.165) is 5.39 Å². The largest absolute Gasteiger partial charge is 0.392 e. The van der Waals surface area contributed by atoms with Gasteiger partial charge >= 0.3 is 0 Å². The molecule has 2 atom stereocenters. The topological polar surface area (TPSA) is 105 Å². The quantitative estimate of drug-likeness (QED) is 0.732. The normalized spacial score (nSPS) is 15.2. The van der Waals surface area contributed by atoms with Gasteiger partial charge in [-0.3, -0.25) is 4.98 Å². The minimum absolute atomic E-state index is 0.0263. The predicted octanol–water partition coefficient (Wildman–Crippen LogP) is 0.221. The zero-order valence-corrected chi connectivity index (χ0v) is 11.8. The van der Waals surface area contributed by atoms with E-state index in [2.05, 4.69) is 9.71 Å². The second-order valence-electron chi connectivity index (χ2n) is 4.61. The fourth-order valence-corrected chi connectivity index (χ4v) is 3.08. The van der Waals surface area contributed by atoms with E-state index in [1.807, 2.05) is 0 Å². The number of aliphatic hydroxyl groups is 1. The van der Waals surface area contributed by atoms with Crippen molar-refractivity contribution in [3.05, 3.63) is 36.7 Å². The molecule has 6 nitrogen and oxygen atoms in total. The molecule has 0 fully saturated rings. The fourth-order valence-electron chi connectivity index (χ4n) is 1.78. The van der Waals surface area contributed by atoms with E-state index in [0.29, 0.717) is 5.39 Å². The van der Waals surface area contributed by atoms with Gasteiger partial charge in [0.1, 0.15) is 0 Å². The molecule has 0 saturated carbocycles. The predicted molar refractivity (Wildman–Crippen MR) is 76.6 cm³/mol. The number of pyridine rings is 1. The van der Waals surface area contributed by atoms with Crippen molar-refractivity contribution in [2.75, 3.05) is 6.54 Å². The summed E-state index contributed by atoms with van der Waals surface area (Å²) >= 11 is 0. The molecule has 20 heavy (non-hydrogen) atoms. The molecule has 2 rings (SSSR count). The van der Waals surface area contributed by atoms with E-state index in [-0.39, 0.29) is 11.4 Å². The molecule has 0 spiro atoms. The lowest BCUT2D eigenvalue weighted by Crippen LogP contribution is -2.43. The monoisotopic (exact) mass is 295 g/mol. The van der Waals surface area contributed by atoms with Crippen molar-refractivity contribution in [3.8, 4) is 0 Å². The van der Waals surface area contributed by atoms with Crippen molar-refractivity contribution >= 4 is 20.8 Å². The Labute approximate surface area is 117 Å². The van der Waals surface area contributed by atoms with Crippen LogP contribution >= 0.6 is 0 Å². The number of nitrogens with zero attached hydrogens (tertiary/aromatic N) is 1. The Hall–Kier alpha value is -1.54. The summed E-state index contributed by atoms with van der Waals surface area (Å²) in [5.74, 6) is 0. The first kappa shape index (κ1) is 14.9. The third-order valence-corrected chi connectivity index (χ3v) is 4.54. The average molecular weight is 295 g/mol. The molecule has 0 aliphatic heterocycles. The van der Waals surface area contributed by atoms with Crippen LogP contribution in [-0.2, 0) is 10.0 Å². The van der Waals surface area contributed by atoms with Gasteiger partial charge in [-0.05, 0) is 19.1 Å². The van der Waals surface area contributed by atoms with E-state index in [1.165, 1.54) is 13.0 Å². The SMILES string of the molecule is CC(O)C(N)CNS(=O)(=O)c1cccc2cnccc12.